The highest BCUT2D eigenvalue weighted by molar-refractivity contribution is 6.12. The minimum atomic E-state index is -0.199. The number of benzene rings is 1. The van der Waals surface area contributed by atoms with Crippen LogP contribution in [0.15, 0.2) is 42.9 Å². The molecule has 0 aliphatic rings. The van der Waals surface area contributed by atoms with Gasteiger partial charge in [0.2, 0.25) is 0 Å². The SMILES string of the molecule is CCCNC(=O)Nc1cc2ccncc2c2ncccc12. The van der Waals surface area contributed by atoms with E-state index in [0.29, 0.717) is 6.54 Å². The van der Waals surface area contributed by atoms with Gasteiger partial charge in [-0.25, -0.2) is 4.79 Å². The van der Waals surface area contributed by atoms with E-state index in [-0.39, 0.29) is 6.03 Å². The van der Waals surface area contributed by atoms with Crippen molar-refractivity contribution in [2.75, 3.05) is 11.9 Å². The van der Waals surface area contributed by atoms with E-state index in [1.165, 1.54) is 0 Å². The number of aromatic nitrogens is 2. The summed E-state index contributed by atoms with van der Waals surface area (Å²) in [6, 6.07) is 7.48. The summed E-state index contributed by atoms with van der Waals surface area (Å²) >= 11 is 0. The highest BCUT2D eigenvalue weighted by Crippen LogP contribution is 2.29. The molecule has 0 radical (unpaired) electrons. The fraction of sp³-hybridized carbons (Fsp3) is 0.188. The number of amides is 2. The van der Waals surface area contributed by atoms with Gasteiger partial charge in [-0.2, -0.15) is 0 Å². The van der Waals surface area contributed by atoms with Crippen LogP contribution in [-0.4, -0.2) is 22.5 Å². The number of hydrogen-bond donors (Lipinski definition) is 2. The van der Waals surface area contributed by atoms with Crippen molar-refractivity contribution in [3.63, 3.8) is 0 Å². The molecule has 2 amide bonds. The number of urea groups is 1. The molecule has 5 nitrogen and oxygen atoms in total. The van der Waals surface area contributed by atoms with E-state index in [2.05, 4.69) is 20.6 Å². The quantitative estimate of drug-likeness (QED) is 0.723. The number of nitrogens with zero attached hydrogens (tertiary/aromatic N) is 2. The average molecular weight is 280 g/mol. The van der Waals surface area contributed by atoms with Crippen LogP contribution in [0.1, 0.15) is 13.3 Å². The lowest BCUT2D eigenvalue weighted by atomic mass is 10.1. The molecule has 0 saturated carbocycles. The molecule has 106 valence electrons. The summed E-state index contributed by atoms with van der Waals surface area (Å²) in [4.78, 5) is 20.5. The zero-order chi connectivity index (χ0) is 14.7. The maximum Gasteiger partial charge on any atom is 0.319 e. The van der Waals surface area contributed by atoms with Crippen LogP contribution in [0.2, 0.25) is 0 Å². The summed E-state index contributed by atoms with van der Waals surface area (Å²) in [5.41, 5.74) is 1.60. The Balaban J connectivity index is 2.10. The minimum Gasteiger partial charge on any atom is -0.338 e. The topological polar surface area (TPSA) is 66.9 Å². The predicted octanol–water partition coefficient (Wildman–Crippen LogP) is 3.31. The Morgan fingerprint density at radius 3 is 3.00 bits per heavy atom. The predicted molar refractivity (Wildman–Crippen MR) is 84.4 cm³/mol. The molecule has 0 bridgehead atoms. The molecule has 21 heavy (non-hydrogen) atoms. The van der Waals surface area contributed by atoms with Gasteiger partial charge in [-0.3, -0.25) is 9.97 Å². The summed E-state index contributed by atoms with van der Waals surface area (Å²) < 4.78 is 0. The summed E-state index contributed by atoms with van der Waals surface area (Å²) in [6.07, 6.45) is 6.18. The van der Waals surface area contributed by atoms with Crippen molar-refractivity contribution >= 4 is 33.4 Å². The second-order valence-corrected chi connectivity index (χ2v) is 4.80. The third-order valence-corrected chi connectivity index (χ3v) is 3.29. The number of anilines is 1. The summed E-state index contributed by atoms with van der Waals surface area (Å²) in [6.45, 7) is 2.67. The lowest BCUT2D eigenvalue weighted by Crippen LogP contribution is -2.29. The van der Waals surface area contributed by atoms with Gasteiger partial charge in [0.15, 0.2) is 0 Å². The van der Waals surface area contributed by atoms with Gasteiger partial charge in [0.1, 0.15) is 0 Å². The second kappa shape index (κ2) is 5.75. The molecule has 0 fully saturated rings. The fourth-order valence-electron chi connectivity index (χ4n) is 2.31. The van der Waals surface area contributed by atoms with E-state index in [9.17, 15) is 4.79 Å². The molecule has 2 N–H and O–H groups in total. The van der Waals surface area contributed by atoms with E-state index in [1.54, 1.807) is 18.6 Å². The largest absolute Gasteiger partial charge is 0.338 e. The molecular weight excluding hydrogens is 264 g/mol. The van der Waals surface area contributed by atoms with Gasteiger partial charge >= 0.3 is 6.03 Å². The van der Waals surface area contributed by atoms with Gasteiger partial charge < -0.3 is 10.6 Å². The van der Waals surface area contributed by atoms with Crippen molar-refractivity contribution in [1.82, 2.24) is 15.3 Å². The summed E-state index contributed by atoms with van der Waals surface area (Å²) in [7, 11) is 0. The standard InChI is InChI=1S/C16H16N4O/c1-2-6-19-16(21)20-14-9-11-5-8-17-10-13(11)15-12(14)4-3-7-18-15/h3-5,7-10H,2,6H2,1H3,(H2,19,20,21). The zero-order valence-electron chi connectivity index (χ0n) is 11.8. The smallest absolute Gasteiger partial charge is 0.319 e. The minimum absolute atomic E-state index is 0.199. The summed E-state index contributed by atoms with van der Waals surface area (Å²) in [5, 5.41) is 8.60. The van der Waals surface area contributed by atoms with Crippen molar-refractivity contribution in [2.24, 2.45) is 0 Å². The molecule has 0 spiro atoms. The molecule has 3 rings (SSSR count). The molecule has 1 aromatic carbocycles. The molecule has 0 aliphatic heterocycles. The second-order valence-electron chi connectivity index (χ2n) is 4.80. The molecule has 3 aromatic rings. The number of nitrogens with one attached hydrogen (secondary N) is 2. The molecule has 0 aliphatic carbocycles. The number of pyridine rings is 2. The number of fused-ring (bicyclic) bond motifs is 3. The molecular formula is C16H16N4O. The van der Waals surface area contributed by atoms with Crippen molar-refractivity contribution in [3.05, 3.63) is 42.9 Å². The average Bonchev–Trinajstić information content (AvgIpc) is 2.53. The van der Waals surface area contributed by atoms with Gasteiger partial charge in [-0.05, 0) is 36.1 Å². The monoisotopic (exact) mass is 280 g/mol. The molecule has 2 aromatic heterocycles. The van der Waals surface area contributed by atoms with Gasteiger partial charge in [0, 0.05) is 35.9 Å². The number of carbonyl (C=O) groups is 1. The molecule has 0 unspecified atom stereocenters. The Bertz CT molecular complexity index is 800. The summed E-state index contributed by atoms with van der Waals surface area (Å²) in [5.74, 6) is 0. The Morgan fingerprint density at radius 2 is 2.14 bits per heavy atom. The van der Waals surface area contributed by atoms with E-state index < -0.39 is 0 Å². The first-order chi connectivity index (χ1) is 10.3. The van der Waals surface area contributed by atoms with E-state index in [4.69, 9.17) is 0 Å². The van der Waals surface area contributed by atoms with Gasteiger partial charge in [0.25, 0.3) is 0 Å². The van der Waals surface area contributed by atoms with Crippen LogP contribution in [0.4, 0.5) is 10.5 Å². The lowest BCUT2D eigenvalue weighted by molar-refractivity contribution is 0.252. The van der Waals surface area contributed by atoms with Crippen LogP contribution < -0.4 is 10.6 Å². The van der Waals surface area contributed by atoms with Crippen LogP contribution in [0.3, 0.4) is 0 Å². The molecule has 2 heterocycles. The molecule has 0 saturated heterocycles. The number of hydrogen-bond acceptors (Lipinski definition) is 3. The Labute approximate surface area is 122 Å². The maximum atomic E-state index is 11.9. The van der Waals surface area contributed by atoms with Gasteiger partial charge in [0.05, 0.1) is 11.2 Å². The Morgan fingerprint density at radius 1 is 1.24 bits per heavy atom. The van der Waals surface area contributed by atoms with Crippen LogP contribution in [0.25, 0.3) is 21.7 Å². The van der Waals surface area contributed by atoms with Crippen LogP contribution >= 0.6 is 0 Å². The first-order valence-corrected chi connectivity index (χ1v) is 6.96. The zero-order valence-corrected chi connectivity index (χ0v) is 11.8. The van der Waals surface area contributed by atoms with Crippen LogP contribution in [0, 0.1) is 0 Å². The third kappa shape index (κ3) is 2.63. The molecule has 0 atom stereocenters. The fourth-order valence-corrected chi connectivity index (χ4v) is 2.31. The Kier molecular flexibility index (Phi) is 3.64. The third-order valence-electron chi connectivity index (χ3n) is 3.29. The van der Waals surface area contributed by atoms with Crippen LogP contribution in [-0.2, 0) is 0 Å². The lowest BCUT2D eigenvalue weighted by Gasteiger charge is -2.11. The molecule has 5 heteroatoms. The normalized spacial score (nSPS) is 10.7. The number of carbonyl (C=O) groups excluding carboxylic acids is 1. The highest BCUT2D eigenvalue weighted by Gasteiger charge is 2.09. The van der Waals surface area contributed by atoms with Crippen molar-refractivity contribution in [3.8, 4) is 0 Å². The van der Waals surface area contributed by atoms with Crippen LogP contribution in [0.5, 0.6) is 0 Å². The van der Waals surface area contributed by atoms with Gasteiger partial charge in [-0.1, -0.05) is 6.92 Å². The van der Waals surface area contributed by atoms with E-state index in [1.807, 2.05) is 31.2 Å². The van der Waals surface area contributed by atoms with Crippen molar-refractivity contribution in [2.45, 2.75) is 13.3 Å². The van der Waals surface area contributed by atoms with Gasteiger partial charge in [-0.15, -0.1) is 0 Å². The van der Waals surface area contributed by atoms with Crippen molar-refractivity contribution < 1.29 is 4.79 Å². The first-order valence-electron chi connectivity index (χ1n) is 6.96. The van der Waals surface area contributed by atoms with E-state index in [0.717, 1.165) is 33.8 Å². The highest BCUT2D eigenvalue weighted by atomic mass is 16.2. The van der Waals surface area contributed by atoms with Crippen molar-refractivity contribution in [1.29, 1.82) is 0 Å². The van der Waals surface area contributed by atoms with E-state index >= 15 is 0 Å². The Hall–Kier alpha value is -2.69. The number of rotatable bonds is 3. The first kappa shape index (κ1) is 13.3. The maximum absolute atomic E-state index is 11.9.